The van der Waals surface area contributed by atoms with Gasteiger partial charge in [-0.3, -0.25) is 0 Å². The molecule has 0 fully saturated rings. The van der Waals surface area contributed by atoms with Gasteiger partial charge in [0, 0.05) is 13.5 Å². The van der Waals surface area contributed by atoms with E-state index < -0.39 is 0 Å². The van der Waals surface area contributed by atoms with E-state index in [1.807, 2.05) is 25.2 Å². The second-order valence-corrected chi connectivity index (χ2v) is 3.27. The molecule has 2 rings (SSSR count). The third-order valence-corrected chi connectivity index (χ3v) is 2.21. The van der Waals surface area contributed by atoms with E-state index in [2.05, 4.69) is 15.5 Å². The third-order valence-electron chi connectivity index (χ3n) is 2.21. The summed E-state index contributed by atoms with van der Waals surface area (Å²) in [5.74, 6) is 0.170. The number of nitrogens with two attached hydrogens (primary N) is 1. The Kier molecular flexibility index (Phi) is 2.24. The molecule has 0 aliphatic heterocycles. The van der Waals surface area contributed by atoms with Crippen molar-refractivity contribution >= 4 is 16.9 Å². The average molecular weight is 205 g/mol. The third kappa shape index (κ3) is 1.61. The molecule has 1 aromatic carbocycles. The molecule has 15 heavy (non-hydrogen) atoms. The molecule has 0 unspecified atom stereocenters. The minimum absolute atomic E-state index is 0.170. The minimum atomic E-state index is 0.170. The zero-order valence-electron chi connectivity index (χ0n) is 8.25. The summed E-state index contributed by atoms with van der Waals surface area (Å²) in [6.07, 6.45) is 0.384. The monoisotopic (exact) mass is 205 g/mol. The van der Waals surface area contributed by atoms with Crippen molar-refractivity contribution in [2.45, 2.75) is 6.42 Å². The van der Waals surface area contributed by atoms with Gasteiger partial charge in [0.05, 0.1) is 5.52 Å². The van der Waals surface area contributed by atoms with Gasteiger partial charge in [-0.15, -0.1) is 5.10 Å². The fraction of sp³-hybridized carbons (Fsp3) is 0.222. The number of nitrogens with zero attached hydrogens (tertiary/aromatic N) is 4. The molecule has 78 valence electrons. The number of hydrogen-bond donors (Lipinski definition) is 2. The van der Waals surface area contributed by atoms with Crippen LogP contribution in [-0.4, -0.2) is 26.0 Å². The summed E-state index contributed by atoms with van der Waals surface area (Å²) in [5.41, 5.74) is 8.12. The van der Waals surface area contributed by atoms with Crippen molar-refractivity contribution in [3.8, 4) is 0 Å². The van der Waals surface area contributed by atoms with E-state index in [-0.39, 0.29) is 5.84 Å². The Morgan fingerprint density at radius 3 is 3.13 bits per heavy atom. The lowest BCUT2D eigenvalue weighted by Crippen LogP contribution is -2.15. The van der Waals surface area contributed by atoms with Crippen molar-refractivity contribution < 1.29 is 5.21 Å². The summed E-state index contributed by atoms with van der Waals surface area (Å²) in [6, 6.07) is 5.65. The molecule has 0 amide bonds. The van der Waals surface area contributed by atoms with Crippen LogP contribution >= 0.6 is 0 Å². The van der Waals surface area contributed by atoms with Crippen molar-refractivity contribution in [2.24, 2.45) is 17.9 Å². The Morgan fingerprint density at radius 1 is 1.60 bits per heavy atom. The van der Waals surface area contributed by atoms with E-state index >= 15 is 0 Å². The van der Waals surface area contributed by atoms with Gasteiger partial charge < -0.3 is 10.9 Å². The normalized spacial score (nSPS) is 12.2. The zero-order chi connectivity index (χ0) is 10.8. The quantitative estimate of drug-likeness (QED) is 0.318. The molecule has 0 saturated carbocycles. The van der Waals surface area contributed by atoms with E-state index in [9.17, 15) is 0 Å². The van der Waals surface area contributed by atoms with Crippen molar-refractivity contribution in [3.05, 3.63) is 23.8 Å². The molecule has 0 aliphatic rings. The summed E-state index contributed by atoms with van der Waals surface area (Å²) in [6.45, 7) is 0. The molecule has 0 atom stereocenters. The van der Waals surface area contributed by atoms with Gasteiger partial charge in [0.15, 0.2) is 0 Å². The minimum Gasteiger partial charge on any atom is -0.409 e. The van der Waals surface area contributed by atoms with Gasteiger partial charge in [-0.1, -0.05) is 22.5 Å². The average Bonchev–Trinajstić information content (AvgIpc) is 2.61. The van der Waals surface area contributed by atoms with E-state index in [1.165, 1.54) is 0 Å². The van der Waals surface area contributed by atoms with Crippen LogP contribution in [0.25, 0.3) is 11.0 Å². The van der Waals surface area contributed by atoms with Crippen molar-refractivity contribution in [3.63, 3.8) is 0 Å². The van der Waals surface area contributed by atoms with Gasteiger partial charge in [0.1, 0.15) is 11.4 Å². The number of rotatable bonds is 2. The predicted molar refractivity (Wildman–Crippen MR) is 55.6 cm³/mol. The van der Waals surface area contributed by atoms with Crippen LogP contribution in [-0.2, 0) is 13.5 Å². The van der Waals surface area contributed by atoms with Crippen molar-refractivity contribution in [1.29, 1.82) is 0 Å². The highest BCUT2D eigenvalue weighted by atomic mass is 16.4. The maximum atomic E-state index is 8.51. The molecule has 3 N–H and O–H groups in total. The first-order chi connectivity index (χ1) is 7.22. The van der Waals surface area contributed by atoms with Gasteiger partial charge in [-0.2, -0.15) is 0 Å². The van der Waals surface area contributed by atoms with Gasteiger partial charge in [0.25, 0.3) is 0 Å². The molecule has 0 radical (unpaired) electrons. The number of hydrogen-bond acceptors (Lipinski definition) is 4. The van der Waals surface area contributed by atoms with Crippen LogP contribution in [0.3, 0.4) is 0 Å². The molecular weight excluding hydrogens is 194 g/mol. The van der Waals surface area contributed by atoms with Gasteiger partial charge in [-0.05, 0) is 11.6 Å². The first-order valence-corrected chi connectivity index (χ1v) is 4.46. The van der Waals surface area contributed by atoms with Crippen LogP contribution < -0.4 is 5.73 Å². The molecule has 0 spiro atoms. The van der Waals surface area contributed by atoms with Crippen LogP contribution in [0.1, 0.15) is 5.56 Å². The summed E-state index contributed by atoms with van der Waals surface area (Å²) >= 11 is 0. The summed E-state index contributed by atoms with van der Waals surface area (Å²) in [4.78, 5) is 0. The lowest BCUT2D eigenvalue weighted by molar-refractivity contribution is 0.317. The van der Waals surface area contributed by atoms with Gasteiger partial charge in [-0.25, -0.2) is 4.68 Å². The number of oxime groups is 1. The highest BCUT2D eigenvalue weighted by Gasteiger charge is 2.08. The van der Waals surface area contributed by atoms with Gasteiger partial charge >= 0.3 is 0 Å². The summed E-state index contributed by atoms with van der Waals surface area (Å²) in [7, 11) is 1.81. The Balaban J connectivity index is 2.55. The largest absolute Gasteiger partial charge is 0.409 e. The van der Waals surface area contributed by atoms with Crippen LogP contribution in [0.5, 0.6) is 0 Å². The molecule has 2 aromatic rings. The Bertz CT molecular complexity index is 516. The number of para-hydroxylation sites is 1. The second kappa shape index (κ2) is 3.56. The highest BCUT2D eigenvalue weighted by molar-refractivity contribution is 5.87. The van der Waals surface area contributed by atoms with Crippen molar-refractivity contribution in [1.82, 2.24) is 15.0 Å². The maximum Gasteiger partial charge on any atom is 0.143 e. The SMILES string of the molecule is Cn1nnc2cccc(C/C(N)=N/O)c21. The number of amidine groups is 1. The zero-order valence-corrected chi connectivity index (χ0v) is 8.25. The Hall–Kier alpha value is -2.11. The summed E-state index contributed by atoms with van der Waals surface area (Å²) in [5, 5.41) is 19.4. The van der Waals surface area contributed by atoms with Crippen LogP contribution in [0.2, 0.25) is 0 Å². The van der Waals surface area contributed by atoms with Gasteiger partial charge in [0.2, 0.25) is 0 Å². The van der Waals surface area contributed by atoms with Crippen LogP contribution in [0, 0.1) is 0 Å². The number of benzene rings is 1. The molecule has 1 aromatic heterocycles. The van der Waals surface area contributed by atoms with E-state index in [1.54, 1.807) is 4.68 Å². The predicted octanol–water partition coefficient (Wildman–Crippen LogP) is 0.257. The molecule has 6 heteroatoms. The molecule has 0 aliphatic carbocycles. The first-order valence-electron chi connectivity index (χ1n) is 4.46. The van der Waals surface area contributed by atoms with Crippen LogP contribution in [0.4, 0.5) is 0 Å². The lowest BCUT2D eigenvalue weighted by Gasteiger charge is -2.02. The smallest absolute Gasteiger partial charge is 0.143 e. The van der Waals surface area contributed by atoms with E-state index in [0.29, 0.717) is 6.42 Å². The topological polar surface area (TPSA) is 89.3 Å². The number of fused-ring (bicyclic) bond motifs is 1. The number of aryl methyl sites for hydroxylation is 1. The van der Waals surface area contributed by atoms with E-state index in [0.717, 1.165) is 16.6 Å². The molecule has 1 heterocycles. The van der Waals surface area contributed by atoms with E-state index in [4.69, 9.17) is 10.9 Å². The fourth-order valence-electron chi connectivity index (χ4n) is 1.57. The molecule has 6 nitrogen and oxygen atoms in total. The number of aromatic nitrogens is 3. The standard InChI is InChI=1S/C9H11N5O/c1-14-9-6(5-8(10)12-15)3-2-4-7(9)11-13-14/h2-4,15H,5H2,1H3,(H2,10,12). The first kappa shape index (κ1) is 9.45. The highest BCUT2D eigenvalue weighted by Crippen LogP contribution is 2.15. The second-order valence-electron chi connectivity index (χ2n) is 3.27. The molecular formula is C9H11N5O. The Morgan fingerprint density at radius 2 is 2.40 bits per heavy atom. The Labute approximate surface area is 86.0 Å². The fourth-order valence-corrected chi connectivity index (χ4v) is 1.57. The maximum absolute atomic E-state index is 8.51. The lowest BCUT2D eigenvalue weighted by atomic mass is 10.1. The summed E-state index contributed by atoms with van der Waals surface area (Å²) < 4.78 is 1.68. The van der Waals surface area contributed by atoms with Crippen LogP contribution in [0.15, 0.2) is 23.4 Å². The molecule has 0 saturated heterocycles. The molecule has 0 bridgehead atoms. The van der Waals surface area contributed by atoms with Crippen molar-refractivity contribution in [2.75, 3.05) is 0 Å².